The fraction of sp³-hybridized carbons (Fsp3) is 0.182. The van der Waals surface area contributed by atoms with E-state index in [4.69, 9.17) is 9.72 Å². The molecule has 2 aromatic carbocycles. The zero-order chi connectivity index (χ0) is 18.1. The summed E-state index contributed by atoms with van der Waals surface area (Å²) < 4.78 is 8.05. The minimum Gasteiger partial charge on any atom is -0.457 e. The van der Waals surface area contributed by atoms with Crippen molar-refractivity contribution in [2.75, 3.05) is 6.54 Å². The molecule has 0 aliphatic carbocycles. The van der Waals surface area contributed by atoms with Crippen molar-refractivity contribution < 1.29 is 4.74 Å². The number of para-hydroxylation sites is 1. The fourth-order valence-corrected chi connectivity index (χ4v) is 3.63. The summed E-state index contributed by atoms with van der Waals surface area (Å²) in [6.45, 7) is 1.05. The summed E-state index contributed by atoms with van der Waals surface area (Å²) >= 11 is 0. The van der Waals surface area contributed by atoms with Crippen LogP contribution in [0.1, 0.15) is 24.7 Å². The molecule has 1 unspecified atom stereocenters. The average molecular weight is 356 g/mol. The molecular formula is C22H20N4O. The van der Waals surface area contributed by atoms with E-state index in [-0.39, 0.29) is 0 Å². The van der Waals surface area contributed by atoms with E-state index < -0.39 is 0 Å². The van der Waals surface area contributed by atoms with Gasteiger partial charge in [0.15, 0.2) is 0 Å². The topological polar surface area (TPSA) is 51.5 Å². The lowest BCUT2D eigenvalue weighted by Crippen LogP contribution is -2.15. The summed E-state index contributed by atoms with van der Waals surface area (Å²) in [5.41, 5.74) is 3.04. The number of imidazole rings is 1. The second-order valence-corrected chi connectivity index (χ2v) is 6.74. The highest BCUT2D eigenvalue weighted by molar-refractivity contribution is 5.77. The van der Waals surface area contributed by atoms with E-state index in [1.54, 1.807) is 0 Å². The molecule has 1 aliphatic rings. The summed E-state index contributed by atoms with van der Waals surface area (Å²) in [6.07, 6.45) is 7.99. The standard InChI is InChI=1S/C22H20N4O/c1-2-5-17(6-3-1)27-18-10-8-16(9-11-18)21-20-15-23-13-14-26(20)22(25-21)19-7-4-12-24-19/h1-3,5-6,8-11,13-15,19,24H,4,7,12H2. The Morgan fingerprint density at radius 3 is 2.59 bits per heavy atom. The van der Waals surface area contributed by atoms with Crippen LogP contribution >= 0.6 is 0 Å². The molecule has 2 aromatic heterocycles. The zero-order valence-electron chi connectivity index (χ0n) is 14.9. The van der Waals surface area contributed by atoms with Gasteiger partial charge in [0.2, 0.25) is 0 Å². The number of hydrogen-bond acceptors (Lipinski definition) is 4. The van der Waals surface area contributed by atoms with Crippen molar-refractivity contribution in [3.63, 3.8) is 0 Å². The highest BCUT2D eigenvalue weighted by atomic mass is 16.5. The molecule has 0 spiro atoms. The van der Waals surface area contributed by atoms with Crippen LogP contribution in [-0.4, -0.2) is 20.9 Å². The van der Waals surface area contributed by atoms with Gasteiger partial charge in [-0.25, -0.2) is 4.98 Å². The number of nitrogens with one attached hydrogen (secondary N) is 1. The molecule has 1 fully saturated rings. The van der Waals surface area contributed by atoms with Crippen LogP contribution in [0.5, 0.6) is 11.5 Å². The summed E-state index contributed by atoms with van der Waals surface area (Å²) in [7, 11) is 0. The second kappa shape index (κ2) is 6.85. The molecule has 5 nitrogen and oxygen atoms in total. The van der Waals surface area contributed by atoms with Crippen LogP contribution in [0.3, 0.4) is 0 Å². The van der Waals surface area contributed by atoms with Crippen molar-refractivity contribution in [3.05, 3.63) is 79.0 Å². The van der Waals surface area contributed by atoms with Crippen LogP contribution < -0.4 is 10.1 Å². The van der Waals surface area contributed by atoms with Gasteiger partial charge in [-0.15, -0.1) is 0 Å². The number of benzene rings is 2. The quantitative estimate of drug-likeness (QED) is 0.580. The number of nitrogens with zero attached hydrogens (tertiary/aromatic N) is 3. The molecular weight excluding hydrogens is 336 g/mol. The van der Waals surface area contributed by atoms with Gasteiger partial charge >= 0.3 is 0 Å². The molecule has 1 N–H and O–H groups in total. The van der Waals surface area contributed by atoms with Gasteiger partial charge in [-0.1, -0.05) is 18.2 Å². The lowest BCUT2D eigenvalue weighted by atomic mass is 10.1. The van der Waals surface area contributed by atoms with Gasteiger partial charge in [0.25, 0.3) is 0 Å². The van der Waals surface area contributed by atoms with E-state index in [1.807, 2.05) is 61.1 Å². The molecule has 27 heavy (non-hydrogen) atoms. The minimum absolute atomic E-state index is 0.300. The Morgan fingerprint density at radius 1 is 1.00 bits per heavy atom. The maximum Gasteiger partial charge on any atom is 0.131 e. The summed E-state index contributed by atoms with van der Waals surface area (Å²) in [4.78, 5) is 9.28. The molecule has 0 bridgehead atoms. The first kappa shape index (κ1) is 16.0. The smallest absolute Gasteiger partial charge is 0.131 e. The van der Waals surface area contributed by atoms with Crippen molar-refractivity contribution in [2.45, 2.75) is 18.9 Å². The van der Waals surface area contributed by atoms with E-state index in [2.05, 4.69) is 26.8 Å². The molecule has 5 rings (SSSR count). The molecule has 0 amide bonds. The zero-order valence-corrected chi connectivity index (χ0v) is 14.9. The number of fused-ring (bicyclic) bond motifs is 1. The largest absolute Gasteiger partial charge is 0.457 e. The predicted molar refractivity (Wildman–Crippen MR) is 105 cm³/mol. The van der Waals surface area contributed by atoms with Crippen molar-refractivity contribution in [3.8, 4) is 22.8 Å². The Bertz CT molecular complexity index is 1050. The average Bonchev–Trinajstić information content (AvgIpc) is 3.37. The van der Waals surface area contributed by atoms with E-state index in [1.165, 1.54) is 6.42 Å². The third kappa shape index (κ3) is 3.06. The maximum absolute atomic E-state index is 5.90. The van der Waals surface area contributed by atoms with Gasteiger partial charge < -0.3 is 10.1 Å². The van der Waals surface area contributed by atoms with Crippen LogP contribution in [0.25, 0.3) is 16.8 Å². The molecule has 1 atom stereocenters. The first-order valence-electron chi connectivity index (χ1n) is 9.27. The SMILES string of the molecule is c1ccc(Oc2ccc(-c3nc(C4CCCN4)n4ccncc34)cc2)cc1. The lowest BCUT2D eigenvalue weighted by molar-refractivity contribution is 0.483. The molecule has 3 heterocycles. The maximum atomic E-state index is 5.90. The van der Waals surface area contributed by atoms with E-state index >= 15 is 0 Å². The number of ether oxygens (including phenoxy) is 1. The first-order chi connectivity index (χ1) is 13.4. The Hall–Kier alpha value is -3.18. The van der Waals surface area contributed by atoms with E-state index in [0.29, 0.717) is 6.04 Å². The third-order valence-corrected chi connectivity index (χ3v) is 4.95. The van der Waals surface area contributed by atoms with Crippen LogP contribution in [0.2, 0.25) is 0 Å². The molecule has 0 radical (unpaired) electrons. The molecule has 1 aliphatic heterocycles. The van der Waals surface area contributed by atoms with E-state index in [9.17, 15) is 0 Å². The minimum atomic E-state index is 0.300. The van der Waals surface area contributed by atoms with Gasteiger partial charge in [0.05, 0.1) is 23.4 Å². The Balaban J connectivity index is 1.50. The Morgan fingerprint density at radius 2 is 1.81 bits per heavy atom. The molecule has 134 valence electrons. The number of hydrogen-bond donors (Lipinski definition) is 1. The first-order valence-corrected chi connectivity index (χ1v) is 9.27. The van der Waals surface area contributed by atoms with Crippen LogP contribution in [0.15, 0.2) is 73.2 Å². The summed E-state index contributed by atoms with van der Waals surface area (Å²) in [5.74, 6) is 2.70. The second-order valence-electron chi connectivity index (χ2n) is 6.74. The van der Waals surface area contributed by atoms with Gasteiger partial charge in [-0.2, -0.15) is 0 Å². The highest BCUT2D eigenvalue weighted by Crippen LogP contribution is 2.31. The van der Waals surface area contributed by atoms with Gasteiger partial charge in [0, 0.05) is 18.0 Å². The van der Waals surface area contributed by atoms with Gasteiger partial charge in [-0.3, -0.25) is 9.38 Å². The van der Waals surface area contributed by atoms with Crippen LogP contribution in [-0.2, 0) is 0 Å². The summed E-state index contributed by atoms with van der Waals surface area (Å²) in [6, 6.07) is 18.2. The molecule has 1 saturated heterocycles. The van der Waals surface area contributed by atoms with E-state index in [0.717, 1.165) is 47.1 Å². The van der Waals surface area contributed by atoms with Crippen molar-refractivity contribution in [1.82, 2.24) is 19.7 Å². The summed E-state index contributed by atoms with van der Waals surface area (Å²) in [5, 5.41) is 3.54. The van der Waals surface area contributed by atoms with Crippen molar-refractivity contribution in [1.29, 1.82) is 0 Å². The monoisotopic (exact) mass is 356 g/mol. The predicted octanol–water partition coefficient (Wildman–Crippen LogP) is 4.61. The third-order valence-electron chi connectivity index (χ3n) is 4.95. The normalized spacial score (nSPS) is 16.7. The van der Waals surface area contributed by atoms with Crippen molar-refractivity contribution in [2.24, 2.45) is 0 Å². The van der Waals surface area contributed by atoms with Gasteiger partial charge in [-0.05, 0) is 55.8 Å². The number of aromatic nitrogens is 3. The lowest BCUT2D eigenvalue weighted by Gasteiger charge is -2.08. The van der Waals surface area contributed by atoms with Crippen LogP contribution in [0, 0.1) is 0 Å². The fourth-order valence-electron chi connectivity index (χ4n) is 3.63. The molecule has 5 heteroatoms. The molecule has 4 aromatic rings. The highest BCUT2D eigenvalue weighted by Gasteiger charge is 2.23. The van der Waals surface area contributed by atoms with Crippen molar-refractivity contribution >= 4 is 5.52 Å². The van der Waals surface area contributed by atoms with Crippen LogP contribution in [0.4, 0.5) is 0 Å². The molecule has 0 saturated carbocycles. The number of rotatable bonds is 4. The van der Waals surface area contributed by atoms with Gasteiger partial charge in [0.1, 0.15) is 17.3 Å². The Kier molecular flexibility index (Phi) is 4.07. The Labute approximate surface area is 157 Å².